The maximum Gasteiger partial charge on any atom is 0.348 e. The van der Waals surface area contributed by atoms with Crippen molar-refractivity contribution in [3.8, 4) is 5.75 Å². The molecule has 2 amide bonds. The van der Waals surface area contributed by atoms with E-state index in [1.807, 2.05) is 13.0 Å². The van der Waals surface area contributed by atoms with Crippen LogP contribution in [0.4, 0.5) is 10.7 Å². The molecule has 1 unspecified atom stereocenters. The topological polar surface area (TPSA) is 111 Å². The molecule has 0 bridgehead atoms. The van der Waals surface area contributed by atoms with Crippen molar-refractivity contribution < 1.29 is 33.4 Å². The molecule has 0 spiro atoms. The predicted molar refractivity (Wildman–Crippen MR) is 114 cm³/mol. The molecule has 0 saturated carbocycles. The van der Waals surface area contributed by atoms with Gasteiger partial charge in [0.2, 0.25) is 5.91 Å². The third-order valence-corrected chi connectivity index (χ3v) is 5.97. The Morgan fingerprint density at radius 3 is 2.48 bits per heavy atom. The Bertz CT molecular complexity index is 1080. The van der Waals surface area contributed by atoms with Gasteiger partial charge in [0.15, 0.2) is 6.10 Å². The summed E-state index contributed by atoms with van der Waals surface area (Å²) in [4.78, 5) is 51.3. The van der Waals surface area contributed by atoms with Crippen molar-refractivity contribution in [2.24, 2.45) is 0 Å². The number of hydrogen-bond donors (Lipinski definition) is 1. The highest BCUT2D eigenvalue weighted by atomic mass is 32.1. The van der Waals surface area contributed by atoms with E-state index in [0.29, 0.717) is 17.0 Å². The molecule has 1 aliphatic rings. The van der Waals surface area contributed by atoms with Crippen molar-refractivity contribution in [3.63, 3.8) is 0 Å². The number of anilines is 2. The number of fused-ring (bicyclic) bond motifs is 1. The fourth-order valence-electron chi connectivity index (χ4n) is 3.23. The number of carbonyl (C=O) groups is 4. The molecule has 1 aliphatic heterocycles. The van der Waals surface area contributed by atoms with Crippen LogP contribution in [-0.4, -0.2) is 50.6 Å². The molecule has 1 aromatic carbocycles. The van der Waals surface area contributed by atoms with Crippen LogP contribution in [0, 0.1) is 13.8 Å². The van der Waals surface area contributed by atoms with Crippen LogP contribution in [0.15, 0.2) is 18.2 Å². The molecule has 0 radical (unpaired) electrons. The number of benzene rings is 1. The molecule has 1 aromatic heterocycles. The van der Waals surface area contributed by atoms with Crippen molar-refractivity contribution in [1.82, 2.24) is 0 Å². The Labute approximate surface area is 182 Å². The Morgan fingerprint density at radius 1 is 1.16 bits per heavy atom. The van der Waals surface area contributed by atoms with Gasteiger partial charge in [-0.3, -0.25) is 14.5 Å². The summed E-state index contributed by atoms with van der Waals surface area (Å²) >= 11 is 0.907. The number of aryl methyl sites for hydroxylation is 1. The molecule has 9 nitrogen and oxygen atoms in total. The number of nitrogens with one attached hydrogen (secondary N) is 1. The first kappa shape index (κ1) is 22.3. The molecule has 10 heteroatoms. The minimum atomic E-state index is -0.747. The van der Waals surface area contributed by atoms with E-state index in [1.54, 1.807) is 26.0 Å². The number of esters is 2. The molecular formula is C21H22N2O7S. The quantitative estimate of drug-likeness (QED) is 0.703. The Morgan fingerprint density at radius 2 is 1.84 bits per heavy atom. The SMILES string of the molecule is COC(=O)c1sc(NC(=O)CN2C(=O)C(C)Oc3ccc(C)cc32)c(C(=O)OC)c1C. The van der Waals surface area contributed by atoms with Crippen LogP contribution in [-0.2, 0) is 19.1 Å². The Kier molecular flexibility index (Phi) is 6.30. The van der Waals surface area contributed by atoms with E-state index in [2.05, 4.69) is 5.32 Å². The second-order valence-electron chi connectivity index (χ2n) is 6.95. The molecule has 2 heterocycles. The fraction of sp³-hybridized carbons (Fsp3) is 0.333. The molecule has 2 aromatic rings. The lowest BCUT2D eigenvalue weighted by atomic mass is 10.1. The van der Waals surface area contributed by atoms with Crippen LogP contribution in [0.2, 0.25) is 0 Å². The smallest absolute Gasteiger partial charge is 0.348 e. The molecule has 3 rings (SSSR count). The number of hydrogen-bond acceptors (Lipinski definition) is 8. The van der Waals surface area contributed by atoms with Crippen LogP contribution >= 0.6 is 11.3 Å². The molecule has 31 heavy (non-hydrogen) atoms. The maximum atomic E-state index is 12.8. The molecule has 1 N–H and O–H groups in total. The number of amides is 2. The van der Waals surface area contributed by atoms with Crippen LogP contribution in [0.3, 0.4) is 0 Å². The van der Waals surface area contributed by atoms with Crippen LogP contribution in [0.1, 0.15) is 38.1 Å². The van der Waals surface area contributed by atoms with Crippen LogP contribution < -0.4 is 15.0 Å². The largest absolute Gasteiger partial charge is 0.479 e. The maximum absolute atomic E-state index is 12.8. The summed E-state index contributed by atoms with van der Waals surface area (Å²) in [7, 11) is 2.43. The number of nitrogens with zero attached hydrogens (tertiary/aromatic N) is 1. The third-order valence-electron chi connectivity index (χ3n) is 4.78. The van der Waals surface area contributed by atoms with Crippen molar-refractivity contribution in [3.05, 3.63) is 39.8 Å². The number of rotatable bonds is 5. The number of carbonyl (C=O) groups excluding carboxylic acids is 4. The van der Waals surface area contributed by atoms with Crippen molar-refractivity contribution in [2.75, 3.05) is 31.0 Å². The molecule has 0 saturated heterocycles. The molecule has 1 atom stereocenters. The summed E-state index contributed by atoms with van der Waals surface area (Å²) in [6.45, 7) is 4.74. The average molecular weight is 446 g/mol. The van der Waals surface area contributed by atoms with E-state index in [0.717, 1.165) is 16.9 Å². The Balaban J connectivity index is 1.91. The van der Waals surface area contributed by atoms with Crippen LogP contribution in [0.5, 0.6) is 5.75 Å². The van der Waals surface area contributed by atoms with Gasteiger partial charge in [0, 0.05) is 0 Å². The predicted octanol–water partition coefficient (Wildman–Crippen LogP) is 2.69. The van der Waals surface area contributed by atoms with E-state index >= 15 is 0 Å². The summed E-state index contributed by atoms with van der Waals surface area (Å²) in [5, 5.41) is 2.78. The first-order valence-corrected chi connectivity index (χ1v) is 10.2. The third kappa shape index (κ3) is 4.24. The summed E-state index contributed by atoms with van der Waals surface area (Å²) in [5.74, 6) is -1.73. The highest BCUT2D eigenvalue weighted by Gasteiger charge is 2.33. The fourth-order valence-corrected chi connectivity index (χ4v) is 4.36. The second kappa shape index (κ2) is 8.76. The summed E-state index contributed by atoms with van der Waals surface area (Å²) in [5.41, 5.74) is 1.80. The van der Waals surface area contributed by atoms with E-state index in [1.165, 1.54) is 19.1 Å². The highest BCUT2D eigenvalue weighted by molar-refractivity contribution is 7.18. The number of ether oxygens (including phenoxy) is 3. The van der Waals surface area contributed by atoms with E-state index in [9.17, 15) is 19.2 Å². The lowest BCUT2D eigenvalue weighted by Gasteiger charge is -2.32. The van der Waals surface area contributed by atoms with E-state index in [4.69, 9.17) is 14.2 Å². The molecule has 164 valence electrons. The lowest BCUT2D eigenvalue weighted by Crippen LogP contribution is -2.47. The van der Waals surface area contributed by atoms with Gasteiger partial charge in [0.1, 0.15) is 22.2 Å². The van der Waals surface area contributed by atoms with Crippen molar-refractivity contribution in [1.29, 1.82) is 0 Å². The van der Waals surface area contributed by atoms with Gasteiger partial charge in [-0.25, -0.2) is 9.59 Å². The monoisotopic (exact) mass is 446 g/mol. The second-order valence-corrected chi connectivity index (χ2v) is 7.97. The molecular weight excluding hydrogens is 424 g/mol. The van der Waals surface area contributed by atoms with E-state index < -0.39 is 23.9 Å². The van der Waals surface area contributed by atoms with Gasteiger partial charge >= 0.3 is 11.9 Å². The van der Waals surface area contributed by atoms with Crippen molar-refractivity contribution >= 4 is 45.8 Å². The zero-order valence-corrected chi connectivity index (χ0v) is 18.5. The minimum Gasteiger partial charge on any atom is -0.479 e. The van der Waals surface area contributed by atoms with Gasteiger partial charge in [-0.1, -0.05) is 6.07 Å². The van der Waals surface area contributed by atoms with Crippen LogP contribution in [0.25, 0.3) is 0 Å². The van der Waals surface area contributed by atoms with Gasteiger partial charge < -0.3 is 19.5 Å². The van der Waals surface area contributed by atoms with Gasteiger partial charge in [-0.2, -0.15) is 0 Å². The minimum absolute atomic E-state index is 0.0687. The number of methoxy groups -OCH3 is 2. The number of thiophene rings is 1. The summed E-state index contributed by atoms with van der Waals surface area (Å²) in [6.07, 6.45) is -0.747. The first-order chi connectivity index (χ1) is 14.7. The summed E-state index contributed by atoms with van der Waals surface area (Å²) in [6, 6.07) is 5.36. The zero-order valence-electron chi connectivity index (χ0n) is 17.7. The van der Waals surface area contributed by atoms with Crippen molar-refractivity contribution in [2.45, 2.75) is 26.9 Å². The van der Waals surface area contributed by atoms with E-state index in [-0.39, 0.29) is 27.9 Å². The van der Waals surface area contributed by atoms with Gasteiger partial charge in [0.05, 0.1) is 25.5 Å². The normalized spacial score (nSPS) is 15.1. The molecule has 0 aliphatic carbocycles. The zero-order chi connectivity index (χ0) is 22.9. The summed E-state index contributed by atoms with van der Waals surface area (Å²) < 4.78 is 15.1. The van der Waals surface area contributed by atoms with Gasteiger partial charge in [-0.15, -0.1) is 11.3 Å². The van der Waals surface area contributed by atoms with Gasteiger partial charge in [0.25, 0.3) is 5.91 Å². The molecule has 0 fully saturated rings. The van der Waals surface area contributed by atoms with Gasteiger partial charge in [-0.05, 0) is 44.0 Å². The Hall–Kier alpha value is -3.40. The standard InChI is InChI=1S/C21H22N2O7S/c1-10-6-7-14-13(8-10)23(19(25)12(3)30-14)9-15(24)22-18-16(20(26)28-4)11(2)17(31-18)21(27)29-5/h6-8,12H,9H2,1-5H3,(H,22,24). The first-order valence-electron chi connectivity index (χ1n) is 9.36. The average Bonchev–Trinajstić information content (AvgIpc) is 3.06. The lowest BCUT2D eigenvalue weighted by molar-refractivity contribution is -0.127. The highest BCUT2D eigenvalue weighted by Crippen LogP contribution is 2.36.